The summed E-state index contributed by atoms with van der Waals surface area (Å²) in [5.41, 5.74) is 0.332. The van der Waals surface area contributed by atoms with E-state index in [-0.39, 0.29) is 42.3 Å². The Morgan fingerprint density at radius 1 is 1.48 bits per heavy atom. The van der Waals surface area contributed by atoms with E-state index in [0.29, 0.717) is 5.76 Å². The first-order valence-electron chi connectivity index (χ1n) is 6.33. The van der Waals surface area contributed by atoms with E-state index in [4.69, 9.17) is 9.52 Å². The second-order valence-corrected chi connectivity index (χ2v) is 4.63. The van der Waals surface area contributed by atoms with Crippen molar-refractivity contribution in [2.24, 2.45) is 5.10 Å². The molecule has 0 saturated heterocycles. The van der Waals surface area contributed by atoms with Gasteiger partial charge in [-0.15, -0.1) is 0 Å². The Labute approximate surface area is 120 Å². The smallest absolute Gasteiger partial charge is 0.339 e. The highest BCUT2D eigenvalue weighted by atomic mass is 16.4. The molecule has 8 heteroatoms. The molecular formula is C13H15N3O5. The van der Waals surface area contributed by atoms with Gasteiger partial charge in [-0.3, -0.25) is 9.59 Å². The zero-order valence-corrected chi connectivity index (χ0v) is 11.7. The molecular weight excluding hydrogens is 278 g/mol. The lowest BCUT2D eigenvalue weighted by atomic mass is 10.1. The highest BCUT2D eigenvalue weighted by molar-refractivity contribution is 6.39. The second-order valence-electron chi connectivity index (χ2n) is 4.63. The number of aryl methyl sites for hydroxylation is 1. The predicted octanol–water partition coefficient (Wildman–Crippen LogP) is 0.511. The minimum Gasteiger partial charge on any atom is -0.478 e. The number of amides is 2. The van der Waals surface area contributed by atoms with Crippen LogP contribution in [0.3, 0.4) is 0 Å². The first-order chi connectivity index (χ1) is 9.88. The molecule has 0 radical (unpaired) electrons. The average molecular weight is 293 g/mol. The van der Waals surface area contributed by atoms with Crippen molar-refractivity contribution >= 4 is 23.5 Å². The Morgan fingerprint density at radius 3 is 2.76 bits per heavy atom. The quantitative estimate of drug-likeness (QED) is 0.840. The summed E-state index contributed by atoms with van der Waals surface area (Å²) in [5, 5.41) is 16.5. The number of carboxylic acids is 1. The maximum absolute atomic E-state index is 11.9. The monoisotopic (exact) mass is 293 g/mol. The molecule has 0 saturated carbocycles. The van der Waals surface area contributed by atoms with E-state index in [1.807, 2.05) is 0 Å². The number of carboxylic acid groups (broad SMARTS) is 1. The van der Waals surface area contributed by atoms with Crippen LogP contribution in [0, 0.1) is 6.92 Å². The number of rotatable bonds is 4. The van der Waals surface area contributed by atoms with Crippen molar-refractivity contribution in [1.29, 1.82) is 0 Å². The molecule has 1 aliphatic heterocycles. The van der Waals surface area contributed by atoms with Gasteiger partial charge >= 0.3 is 5.97 Å². The third kappa shape index (κ3) is 3.28. The van der Waals surface area contributed by atoms with Crippen LogP contribution in [0.5, 0.6) is 0 Å². The number of carbonyl (C=O) groups is 3. The first-order valence-corrected chi connectivity index (χ1v) is 6.33. The summed E-state index contributed by atoms with van der Waals surface area (Å²) in [7, 11) is 1.49. The molecule has 21 heavy (non-hydrogen) atoms. The molecule has 8 nitrogen and oxygen atoms in total. The van der Waals surface area contributed by atoms with E-state index in [9.17, 15) is 14.4 Å². The van der Waals surface area contributed by atoms with Gasteiger partial charge in [0.15, 0.2) is 0 Å². The summed E-state index contributed by atoms with van der Waals surface area (Å²) in [4.78, 5) is 34.1. The topological polar surface area (TPSA) is 112 Å². The Kier molecular flexibility index (Phi) is 4.06. The fourth-order valence-corrected chi connectivity index (χ4v) is 1.95. The SMILES string of the molecule is Cc1oc(CNC(=O)C2=NN(C)C(=O)CC2)cc1C(=O)O. The van der Waals surface area contributed by atoms with Crippen molar-refractivity contribution in [3.05, 3.63) is 23.2 Å². The number of hydrazone groups is 1. The third-order valence-corrected chi connectivity index (χ3v) is 3.09. The van der Waals surface area contributed by atoms with Crippen molar-refractivity contribution in [3.63, 3.8) is 0 Å². The van der Waals surface area contributed by atoms with Crippen molar-refractivity contribution in [1.82, 2.24) is 10.3 Å². The number of carbonyl (C=O) groups excluding carboxylic acids is 2. The zero-order valence-electron chi connectivity index (χ0n) is 11.7. The molecule has 0 unspecified atom stereocenters. The van der Waals surface area contributed by atoms with Crippen LogP contribution in [-0.4, -0.2) is 40.7 Å². The molecule has 1 aromatic rings. The maximum atomic E-state index is 11.9. The van der Waals surface area contributed by atoms with Gasteiger partial charge in [0.1, 0.15) is 22.8 Å². The Bertz CT molecular complexity index is 632. The normalized spacial score (nSPS) is 14.9. The highest BCUT2D eigenvalue weighted by Gasteiger charge is 2.22. The number of nitrogens with zero attached hydrogens (tertiary/aromatic N) is 2. The van der Waals surface area contributed by atoms with Gasteiger partial charge in [-0.2, -0.15) is 5.10 Å². The van der Waals surface area contributed by atoms with Crippen molar-refractivity contribution in [2.75, 3.05) is 7.05 Å². The van der Waals surface area contributed by atoms with Gasteiger partial charge in [-0.25, -0.2) is 9.80 Å². The minimum absolute atomic E-state index is 0.0592. The molecule has 0 bridgehead atoms. The van der Waals surface area contributed by atoms with Gasteiger partial charge in [-0.05, 0) is 13.0 Å². The van der Waals surface area contributed by atoms with Crippen LogP contribution in [0.25, 0.3) is 0 Å². The molecule has 1 aromatic heterocycles. The minimum atomic E-state index is -1.08. The summed E-state index contributed by atoms with van der Waals surface area (Å²) >= 11 is 0. The van der Waals surface area contributed by atoms with Crippen molar-refractivity contribution in [2.45, 2.75) is 26.3 Å². The van der Waals surface area contributed by atoms with Gasteiger partial charge in [0, 0.05) is 19.9 Å². The number of furan rings is 1. The number of hydrogen-bond acceptors (Lipinski definition) is 5. The molecule has 0 fully saturated rings. The van der Waals surface area contributed by atoms with Gasteiger partial charge in [0.05, 0.1) is 6.54 Å². The fourth-order valence-electron chi connectivity index (χ4n) is 1.95. The standard InChI is InChI=1S/C13H15N3O5/c1-7-9(13(19)20)5-8(21-7)6-14-12(18)10-3-4-11(17)16(2)15-10/h5H,3-4,6H2,1-2H3,(H,14,18)(H,19,20). The van der Waals surface area contributed by atoms with E-state index in [2.05, 4.69) is 10.4 Å². The summed E-state index contributed by atoms with van der Waals surface area (Å²) in [6.45, 7) is 1.60. The molecule has 2 rings (SSSR count). The van der Waals surface area contributed by atoms with Crippen molar-refractivity contribution < 1.29 is 23.9 Å². The summed E-state index contributed by atoms with van der Waals surface area (Å²) in [6.07, 6.45) is 0.526. The van der Waals surface area contributed by atoms with Crippen molar-refractivity contribution in [3.8, 4) is 0 Å². The van der Waals surface area contributed by atoms with E-state index < -0.39 is 11.9 Å². The fraction of sp³-hybridized carbons (Fsp3) is 0.385. The van der Waals surface area contributed by atoms with Crippen LogP contribution in [0.1, 0.15) is 34.7 Å². The molecule has 0 aliphatic carbocycles. The van der Waals surface area contributed by atoms with E-state index >= 15 is 0 Å². The molecule has 1 aliphatic rings. The number of aromatic carboxylic acids is 1. The van der Waals surface area contributed by atoms with Crippen LogP contribution in [0.15, 0.2) is 15.6 Å². The molecule has 2 amide bonds. The van der Waals surface area contributed by atoms with Crippen LogP contribution in [0.4, 0.5) is 0 Å². The van der Waals surface area contributed by atoms with E-state index in [0.717, 1.165) is 5.01 Å². The van der Waals surface area contributed by atoms with Gasteiger partial charge in [0.25, 0.3) is 5.91 Å². The molecule has 0 aromatic carbocycles. The lowest BCUT2D eigenvalue weighted by Crippen LogP contribution is -2.37. The number of hydrogen-bond donors (Lipinski definition) is 2. The van der Waals surface area contributed by atoms with Crippen LogP contribution in [-0.2, 0) is 16.1 Å². The molecule has 2 heterocycles. The third-order valence-electron chi connectivity index (χ3n) is 3.09. The Hall–Kier alpha value is -2.64. The van der Waals surface area contributed by atoms with Gasteiger partial charge in [0.2, 0.25) is 5.91 Å². The Morgan fingerprint density at radius 2 is 2.19 bits per heavy atom. The lowest BCUT2D eigenvalue weighted by Gasteiger charge is -2.18. The van der Waals surface area contributed by atoms with E-state index in [1.54, 1.807) is 6.92 Å². The van der Waals surface area contributed by atoms with Gasteiger partial charge in [-0.1, -0.05) is 0 Å². The van der Waals surface area contributed by atoms with Crippen LogP contribution in [0.2, 0.25) is 0 Å². The van der Waals surface area contributed by atoms with Crippen LogP contribution >= 0.6 is 0 Å². The molecule has 0 atom stereocenters. The maximum Gasteiger partial charge on any atom is 0.339 e. The van der Waals surface area contributed by atoms with Gasteiger partial charge < -0.3 is 14.8 Å². The lowest BCUT2D eigenvalue weighted by molar-refractivity contribution is -0.130. The predicted molar refractivity (Wildman–Crippen MR) is 71.7 cm³/mol. The highest BCUT2D eigenvalue weighted by Crippen LogP contribution is 2.14. The zero-order chi connectivity index (χ0) is 15.6. The number of nitrogens with one attached hydrogen (secondary N) is 1. The molecule has 112 valence electrons. The molecule has 0 spiro atoms. The first kappa shape index (κ1) is 14.8. The largest absolute Gasteiger partial charge is 0.478 e. The summed E-state index contributed by atoms with van der Waals surface area (Å²) in [6, 6.07) is 1.37. The van der Waals surface area contributed by atoms with E-state index in [1.165, 1.54) is 13.1 Å². The Balaban J connectivity index is 1.98. The van der Waals surface area contributed by atoms with Crippen LogP contribution < -0.4 is 5.32 Å². The average Bonchev–Trinajstić information content (AvgIpc) is 2.80. The molecule has 2 N–H and O–H groups in total. The summed E-state index contributed by atoms with van der Waals surface area (Å²) in [5.74, 6) is -0.989. The summed E-state index contributed by atoms with van der Waals surface area (Å²) < 4.78 is 5.25. The second kappa shape index (κ2) is 5.78.